The highest BCUT2D eigenvalue weighted by Gasteiger charge is 2.31. The van der Waals surface area contributed by atoms with Gasteiger partial charge in [-0.15, -0.1) is 0 Å². The highest BCUT2D eigenvalue weighted by atomic mass is 31.2. The molecule has 0 aliphatic heterocycles. The molecule has 0 aliphatic carbocycles. The molecule has 0 amide bonds. The molecule has 0 saturated heterocycles. The van der Waals surface area contributed by atoms with E-state index in [-0.39, 0.29) is 31.3 Å². The summed E-state index contributed by atoms with van der Waals surface area (Å²) in [6.07, 6.45) is 2.42. The Morgan fingerprint density at radius 3 is 1.23 bits per heavy atom. The van der Waals surface area contributed by atoms with Gasteiger partial charge in [0, 0.05) is 20.1 Å². The molecule has 2 atom stereocenters. The number of phosphoric ester groups is 2. The Labute approximate surface area is 158 Å². The van der Waals surface area contributed by atoms with E-state index in [1.807, 2.05) is 27.7 Å². The third kappa shape index (κ3) is 9.95. The Bertz CT molecular complexity index is 412. The normalized spacial score (nSPS) is 18.0. The minimum Gasteiger partial charge on any atom is -0.290 e. The molecule has 26 heavy (non-hydrogen) atoms. The zero-order valence-electron chi connectivity index (χ0n) is 17.1. The molecule has 2 unspecified atom stereocenters. The van der Waals surface area contributed by atoms with E-state index in [1.54, 1.807) is 6.92 Å². The first-order chi connectivity index (χ1) is 12.2. The van der Waals surface area contributed by atoms with E-state index in [4.69, 9.17) is 27.1 Å². The van der Waals surface area contributed by atoms with Crippen molar-refractivity contribution < 1.29 is 36.3 Å². The van der Waals surface area contributed by atoms with Crippen molar-refractivity contribution in [3.05, 3.63) is 0 Å². The maximum Gasteiger partial charge on any atom is 0.474 e. The van der Waals surface area contributed by atoms with Gasteiger partial charge in [-0.3, -0.25) is 27.1 Å². The molecule has 0 bridgehead atoms. The van der Waals surface area contributed by atoms with Crippen molar-refractivity contribution in [2.24, 2.45) is 5.92 Å². The summed E-state index contributed by atoms with van der Waals surface area (Å²) in [5.41, 5.74) is 0. The molecule has 0 radical (unpaired) electrons. The fourth-order valence-electron chi connectivity index (χ4n) is 1.98. The van der Waals surface area contributed by atoms with Gasteiger partial charge in [-0.05, 0) is 25.7 Å². The Morgan fingerprint density at radius 1 is 0.692 bits per heavy atom. The summed E-state index contributed by atoms with van der Waals surface area (Å²) in [4.78, 5) is 0. The van der Waals surface area contributed by atoms with Gasteiger partial charge in [0.1, 0.15) is 0 Å². The monoisotopic (exact) mass is 418 g/mol. The van der Waals surface area contributed by atoms with E-state index >= 15 is 0 Å². The average molecular weight is 418 g/mol. The second-order valence-electron chi connectivity index (χ2n) is 6.04. The lowest BCUT2D eigenvalue weighted by Gasteiger charge is -2.24. The number of phosphoric acid groups is 2. The van der Waals surface area contributed by atoms with Gasteiger partial charge in [-0.25, -0.2) is 9.13 Å². The maximum absolute atomic E-state index is 12.5. The first-order valence-electron chi connectivity index (χ1n) is 9.18. The fourth-order valence-corrected chi connectivity index (χ4v) is 4.68. The summed E-state index contributed by atoms with van der Waals surface area (Å²) in [7, 11) is -4.70. The standard InChI is InChI=1S/C16H36O8P2/c1-8-15(9-2)23-25(17,19-6)21-12-14(5)13-22-26(18,20-7)24-16(10-3)11-4/h14-16H,8-13H2,1-7H3. The summed E-state index contributed by atoms with van der Waals surface area (Å²) in [6, 6.07) is 0. The van der Waals surface area contributed by atoms with Crippen LogP contribution in [0.1, 0.15) is 60.3 Å². The van der Waals surface area contributed by atoms with Gasteiger partial charge in [0.15, 0.2) is 0 Å². The van der Waals surface area contributed by atoms with Crippen molar-refractivity contribution in [3.8, 4) is 0 Å². The first kappa shape index (κ1) is 26.2. The molecule has 0 fully saturated rings. The molecule has 0 spiro atoms. The Hall–Kier alpha value is 0.220. The van der Waals surface area contributed by atoms with Crippen molar-refractivity contribution in [1.82, 2.24) is 0 Å². The van der Waals surface area contributed by atoms with Gasteiger partial charge < -0.3 is 0 Å². The van der Waals surface area contributed by atoms with E-state index in [2.05, 4.69) is 0 Å². The van der Waals surface area contributed by atoms with Crippen LogP contribution in [-0.4, -0.2) is 39.6 Å². The van der Waals surface area contributed by atoms with Gasteiger partial charge in [-0.1, -0.05) is 34.6 Å². The fraction of sp³-hybridized carbons (Fsp3) is 1.00. The van der Waals surface area contributed by atoms with E-state index in [0.29, 0.717) is 25.7 Å². The predicted molar refractivity (Wildman–Crippen MR) is 101 cm³/mol. The molecule has 0 aromatic heterocycles. The van der Waals surface area contributed by atoms with Crippen LogP contribution < -0.4 is 0 Å². The third-order valence-electron chi connectivity index (χ3n) is 3.86. The molecule has 0 rings (SSSR count). The number of hydrogen-bond acceptors (Lipinski definition) is 8. The Morgan fingerprint density at radius 2 is 1.00 bits per heavy atom. The molecule has 158 valence electrons. The highest BCUT2D eigenvalue weighted by Crippen LogP contribution is 2.52. The van der Waals surface area contributed by atoms with Gasteiger partial charge in [0.2, 0.25) is 0 Å². The SMILES string of the molecule is CCC(CC)OP(=O)(OC)OCC(C)COP(=O)(OC)OC(CC)CC. The molecule has 0 heterocycles. The molecule has 0 saturated carbocycles. The molecular formula is C16H36O8P2. The van der Waals surface area contributed by atoms with Gasteiger partial charge in [0.05, 0.1) is 25.4 Å². The molecule has 10 heteroatoms. The van der Waals surface area contributed by atoms with Crippen LogP contribution in [0, 0.1) is 5.92 Å². The molecule has 8 nitrogen and oxygen atoms in total. The second-order valence-corrected chi connectivity index (χ2v) is 9.50. The van der Waals surface area contributed by atoms with Crippen LogP contribution in [0.15, 0.2) is 0 Å². The Balaban J connectivity index is 4.56. The molecule has 0 aromatic carbocycles. The quantitative estimate of drug-likeness (QED) is 0.300. The van der Waals surface area contributed by atoms with E-state index in [9.17, 15) is 9.13 Å². The molecular weight excluding hydrogens is 382 g/mol. The largest absolute Gasteiger partial charge is 0.474 e. The van der Waals surface area contributed by atoms with Crippen molar-refractivity contribution >= 4 is 15.6 Å². The van der Waals surface area contributed by atoms with Crippen LogP contribution in [0.2, 0.25) is 0 Å². The summed E-state index contributed by atoms with van der Waals surface area (Å²) >= 11 is 0. The Kier molecular flexibility index (Phi) is 13.5. The van der Waals surface area contributed by atoms with Crippen molar-refractivity contribution in [2.45, 2.75) is 72.5 Å². The highest BCUT2D eigenvalue weighted by molar-refractivity contribution is 7.48. The zero-order chi connectivity index (χ0) is 20.2. The topological polar surface area (TPSA) is 89.5 Å². The van der Waals surface area contributed by atoms with Crippen LogP contribution in [0.25, 0.3) is 0 Å². The average Bonchev–Trinajstić information content (AvgIpc) is 2.67. The number of rotatable bonds is 16. The summed E-state index contributed by atoms with van der Waals surface area (Å²) < 4.78 is 56.5. The lowest BCUT2D eigenvalue weighted by Crippen LogP contribution is -2.17. The van der Waals surface area contributed by atoms with Gasteiger partial charge in [-0.2, -0.15) is 0 Å². The van der Waals surface area contributed by atoms with Crippen LogP contribution in [0.4, 0.5) is 0 Å². The molecule has 0 aromatic rings. The first-order valence-corrected chi connectivity index (χ1v) is 12.1. The lowest BCUT2D eigenvalue weighted by molar-refractivity contribution is 0.0569. The van der Waals surface area contributed by atoms with Gasteiger partial charge in [0.25, 0.3) is 0 Å². The second kappa shape index (κ2) is 13.4. The molecule has 0 aliphatic rings. The van der Waals surface area contributed by atoms with Crippen molar-refractivity contribution in [3.63, 3.8) is 0 Å². The summed E-state index contributed by atoms with van der Waals surface area (Å²) in [5.74, 6) is -0.224. The van der Waals surface area contributed by atoms with E-state index in [0.717, 1.165) is 0 Å². The third-order valence-corrected chi connectivity index (χ3v) is 6.80. The number of hydrogen-bond donors (Lipinski definition) is 0. The minimum atomic E-state index is -3.63. The van der Waals surface area contributed by atoms with Crippen LogP contribution in [0.3, 0.4) is 0 Å². The summed E-state index contributed by atoms with van der Waals surface area (Å²) in [5, 5.41) is 0. The van der Waals surface area contributed by atoms with Gasteiger partial charge >= 0.3 is 15.6 Å². The van der Waals surface area contributed by atoms with Crippen molar-refractivity contribution in [1.29, 1.82) is 0 Å². The van der Waals surface area contributed by atoms with Crippen molar-refractivity contribution in [2.75, 3.05) is 27.4 Å². The smallest absolute Gasteiger partial charge is 0.290 e. The molecule has 0 N–H and O–H groups in total. The predicted octanol–water partition coefficient (Wildman–Crippen LogP) is 5.58. The lowest BCUT2D eigenvalue weighted by atomic mass is 10.2. The van der Waals surface area contributed by atoms with Crippen LogP contribution in [-0.2, 0) is 36.3 Å². The van der Waals surface area contributed by atoms with Crippen LogP contribution in [0.5, 0.6) is 0 Å². The maximum atomic E-state index is 12.5. The van der Waals surface area contributed by atoms with Crippen LogP contribution >= 0.6 is 15.6 Å². The van der Waals surface area contributed by atoms with E-state index in [1.165, 1.54) is 14.2 Å². The van der Waals surface area contributed by atoms with E-state index < -0.39 is 15.6 Å². The summed E-state index contributed by atoms with van der Waals surface area (Å²) in [6.45, 7) is 9.66. The minimum absolute atomic E-state index is 0.0555. The zero-order valence-corrected chi connectivity index (χ0v) is 18.9.